The summed E-state index contributed by atoms with van der Waals surface area (Å²) in [5.41, 5.74) is -0.218. The summed E-state index contributed by atoms with van der Waals surface area (Å²) in [4.78, 5) is 3.34. The molecule has 0 aliphatic carbocycles. The molecule has 1 aliphatic rings. The third-order valence-electron chi connectivity index (χ3n) is 3.31. The molecule has 1 fully saturated rings. The van der Waals surface area contributed by atoms with Gasteiger partial charge in [-0.2, -0.15) is 0 Å². The maximum Gasteiger partial charge on any atom is 0.0940 e. The third-order valence-corrected chi connectivity index (χ3v) is 5.03. The molecule has 3 nitrogen and oxygen atoms in total. The molecule has 1 aromatic carbocycles. The summed E-state index contributed by atoms with van der Waals surface area (Å²) in [6.07, 6.45) is -0.103. The van der Waals surface area contributed by atoms with E-state index in [1.54, 1.807) is 17.8 Å². The molecule has 0 saturated carbocycles. The van der Waals surface area contributed by atoms with Gasteiger partial charge >= 0.3 is 0 Å². The molecule has 2 rings (SSSR count). The number of ether oxygens (including phenoxy) is 1. The maximum absolute atomic E-state index is 9.32. The average molecular weight is 350 g/mol. The van der Waals surface area contributed by atoms with Crippen molar-refractivity contribution in [2.24, 2.45) is 0 Å². The molecule has 0 bridgehead atoms. The molecule has 1 aromatic rings. The molecule has 1 aliphatic heterocycles. The first-order chi connectivity index (χ1) is 9.89. The Balaban J connectivity index is 1.86. The number of morpholine rings is 1. The van der Waals surface area contributed by atoms with Gasteiger partial charge in [0, 0.05) is 35.3 Å². The summed E-state index contributed by atoms with van der Waals surface area (Å²) in [7, 11) is 0. The third kappa shape index (κ3) is 5.31. The summed E-state index contributed by atoms with van der Waals surface area (Å²) in [6, 6.07) is 5.52. The molecule has 118 valence electrons. The molecule has 1 N–H and O–H groups in total. The predicted molar refractivity (Wildman–Crippen MR) is 89.7 cm³/mol. The second kappa shape index (κ2) is 7.53. The molecule has 0 spiro atoms. The van der Waals surface area contributed by atoms with E-state index in [0.717, 1.165) is 35.3 Å². The van der Waals surface area contributed by atoms with E-state index in [9.17, 15) is 5.11 Å². The standard InChI is InChI=1S/C15H21Cl2NO2S/c1-15(2)10-18(8-12(9-19)20-15)5-6-21-14-7-11(16)3-4-13(14)17/h3-4,7,12,19H,5-6,8-10H2,1-2H3. The van der Waals surface area contributed by atoms with Crippen LogP contribution in [0.1, 0.15) is 13.8 Å². The van der Waals surface area contributed by atoms with Gasteiger partial charge in [0.15, 0.2) is 0 Å². The Morgan fingerprint density at radius 1 is 1.43 bits per heavy atom. The van der Waals surface area contributed by atoms with Crippen LogP contribution in [0.2, 0.25) is 10.0 Å². The number of aliphatic hydroxyl groups excluding tert-OH is 1. The number of hydrogen-bond donors (Lipinski definition) is 1. The lowest BCUT2D eigenvalue weighted by Gasteiger charge is -2.42. The van der Waals surface area contributed by atoms with Gasteiger partial charge in [-0.1, -0.05) is 23.2 Å². The fourth-order valence-electron chi connectivity index (χ4n) is 2.55. The quantitative estimate of drug-likeness (QED) is 0.823. The highest BCUT2D eigenvalue weighted by molar-refractivity contribution is 7.99. The minimum atomic E-state index is -0.218. The maximum atomic E-state index is 9.32. The van der Waals surface area contributed by atoms with Crippen molar-refractivity contribution >= 4 is 35.0 Å². The van der Waals surface area contributed by atoms with E-state index in [1.165, 1.54) is 0 Å². The first-order valence-corrected chi connectivity index (χ1v) is 8.73. The predicted octanol–water partition coefficient (Wildman–Crippen LogP) is 3.56. The Bertz CT molecular complexity index is 485. The molecular weight excluding hydrogens is 329 g/mol. The minimum absolute atomic E-state index is 0.0627. The molecule has 1 atom stereocenters. The molecule has 0 aromatic heterocycles. The average Bonchev–Trinajstić information content (AvgIpc) is 2.41. The SMILES string of the molecule is CC1(C)CN(CCSc2cc(Cl)ccc2Cl)CC(CO)O1. The lowest BCUT2D eigenvalue weighted by Crippen LogP contribution is -2.54. The van der Waals surface area contributed by atoms with E-state index < -0.39 is 0 Å². The highest BCUT2D eigenvalue weighted by Gasteiger charge is 2.32. The molecule has 1 saturated heterocycles. The number of benzene rings is 1. The van der Waals surface area contributed by atoms with E-state index in [0.29, 0.717) is 5.02 Å². The van der Waals surface area contributed by atoms with Gasteiger partial charge < -0.3 is 9.84 Å². The molecule has 0 amide bonds. The van der Waals surface area contributed by atoms with Crippen molar-refractivity contribution in [3.8, 4) is 0 Å². The van der Waals surface area contributed by atoms with Crippen molar-refractivity contribution in [2.45, 2.75) is 30.4 Å². The number of nitrogens with zero attached hydrogens (tertiary/aromatic N) is 1. The van der Waals surface area contributed by atoms with Gasteiger partial charge in [-0.15, -0.1) is 11.8 Å². The van der Waals surface area contributed by atoms with Crippen molar-refractivity contribution in [2.75, 3.05) is 32.0 Å². The number of rotatable bonds is 5. The zero-order valence-corrected chi connectivity index (χ0v) is 14.6. The van der Waals surface area contributed by atoms with Crippen molar-refractivity contribution in [1.82, 2.24) is 4.90 Å². The van der Waals surface area contributed by atoms with Crippen LogP contribution in [0.25, 0.3) is 0 Å². The van der Waals surface area contributed by atoms with Gasteiger partial charge in [-0.3, -0.25) is 4.90 Å². The monoisotopic (exact) mass is 349 g/mol. The molecule has 1 heterocycles. The van der Waals surface area contributed by atoms with Crippen LogP contribution in [0.15, 0.2) is 23.1 Å². The highest BCUT2D eigenvalue weighted by Crippen LogP contribution is 2.30. The van der Waals surface area contributed by atoms with E-state index in [-0.39, 0.29) is 18.3 Å². The summed E-state index contributed by atoms with van der Waals surface area (Å²) >= 11 is 13.9. The number of hydrogen-bond acceptors (Lipinski definition) is 4. The van der Waals surface area contributed by atoms with Crippen LogP contribution < -0.4 is 0 Å². The largest absolute Gasteiger partial charge is 0.394 e. The van der Waals surface area contributed by atoms with Gasteiger partial charge in [0.2, 0.25) is 0 Å². The topological polar surface area (TPSA) is 32.7 Å². The van der Waals surface area contributed by atoms with Gasteiger partial charge in [-0.05, 0) is 32.0 Å². The molecule has 21 heavy (non-hydrogen) atoms. The minimum Gasteiger partial charge on any atom is -0.394 e. The van der Waals surface area contributed by atoms with Crippen LogP contribution in [-0.2, 0) is 4.74 Å². The smallest absolute Gasteiger partial charge is 0.0940 e. The summed E-state index contributed by atoms with van der Waals surface area (Å²) < 4.78 is 5.82. The second-order valence-corrected chi connectivity index (χ2v) is 7.82. The van der Waals surface area contributed by atoms with Crippen molar-refractivity contribution < 1.29 is 9.84 Å². The normalized spacial score (nSPS) is 22.4. The van der Waals surface area contributed by atoms with Gasteiger partial charge in [0.25, 0.3) is 0 Å². The van der Waals surface area contributed by atoms with Crippen molar-refractivity contribution in [3.05, 3.63) is 28.2 Å². The Labute approximate surface area is 140 Å². The first-order valence-electron chi connectivity index (χ1n) is 6.98. The highest BCUT2D eigenvalue weighted by atomic mass is 35.5. The number of aliphatic hydroxyl groups is 1. The van der Waals surface area contributed by atoms with Gasteiger partial charge in [0.05, 0.1) is 23.3 Å². The zero-order chi connectivity index (χ0) is 15.5. The molecule has 6 heteroatoms. The Hall–Kier alpha value is 0.0300. The zero-order valence-electron chi connectivity index (χ0n) is 12.3. The van der Waals surface area contributed by atoms with Gasteiger partial charge in [0.1, 0.15) is 0 Å². The second-order valence-electron chi connectivity index (χ2n) is 5.84. The summed E-state index contributed by atoms with van der Waals surface area (Å²) in [5.74, 6) is 0.925. The van der Waals surface area contributed by atoms with Crippen LogP contribution in [0.4, 0.5) is 0 Å². The lowest BCUT2D eigenvalue weighted by atomic mass is 10.1. The Morgan fingerprint density at radius 3 is 2.90 bits per heavy atom. The molecule has 1 unspecified atom stereocenters. The van der Waals surface area contributed by atoms with Crippen molar-refractivity contribution in [3.63, 3.8) is 0 Å². The summed E-state index contributed by atoms with van der Waals surface area (Å²) in [5, 5.41) is 10.8. The van der Waals surface area contributed by atoms with E-state index >= 15 is 0 Å². The first kappa shape index (κ1) is 17.4. The Morgan fingerprint density at radius 2 is 2.19 bits per heavy atom. The van der Waals surface area contributed by atoms with Crippen LogP contribution in [0, 0.1) is 0 Å². The lowest BCUT2D eigenvalue weighted by molar-refractivity contribution is -0.147. The van der Waals surface area contributed by atoms with Crippen LogP contribution >= 0.6 is 35.0 Å². The fraction of sp³-hybridized carbons (Fsp3) is 0.600. The van der Waals surface area contributed by atoms with Crippen molar-refractivity contribution in [1.29, 1.82) is 0 Å². The van der Waals surface area contributed by atoms with E-state index in [2.05, 4.69) is 18.7 Å². The molecular formula is C15H21Cl2NO2S. The number of halogens is 2. The Kier molecular flexibility index (Phi) is 6.24. The van der Waals surface area contributed by atoms with Crippen LogP contribution in [-0.4, -0.2) is 53.7 Å². The van der Waals surface area contributed by atoms with E-state index in [4.69, 9.17) is 27.9 Å². The molecule has 0 radical (unpaired) electrons. The summed E-state index contributed by atoms with van der Waals surface area (Å²) in [6.45, 7) is 6.74. The van der Waals surface area contributed by atoms with Crippen LogP contribution in [0.3, 0.4) is 0 Å². The number of thioether (sulfide) groups is 1. The van der Waals surface area contributed by atoms with Gasteiger partial charge in [-0.25, -0.2) is 0 Å². The van der Waals surface area contributed by atoms with E-state index in [1.807, 2.05) is 12.1 Å². The van der Waals surface area contributed by atoms with Crippen LogP contribution in [0.5, 0.6) is 0 Å². The fourth-order valence-corrected chi connectivity index (χ4v) is 4.06.